The minimum atomic E-state index is -0.568. The molecule has 1 aromatic carbocycles. The van der Waals surface area contributed by atoms with Crippen molar-refractivity contribution in [1.82, 2.24) is 20.0 Å². The molecule has 0 aliphatic carbocycles. The molecule has 2 aliphatic heterocycles. The Bertz CT molecular complexity index is 749. The number of hydrogen-bond acceptors (Lipinski definition) is 3. The molecule has 2 aliphatic rings. The number of hydrogen-bond donors (Lipinski definition) is 1. The Morgan fingerprint density at radius 1 is 1.10 bits per heavy atom. The molecule has 9 heteroatoms. The van der Waals surface area contributed by atoms with Gasteiger partial charge in [0.2, 0.25) is 5.91 Å². The molecule has 3 rings (SSSR count). The molecule has 0 aromatic heterocycles. The van der Waals surface area contributed by atoms with Gasteiger partial charge in [-0.3, -0.25) is 14.7 Å². The predicted octanol–water partition coefficient (Wildman–Crippen LogP) is 2.89. The molecule has 6 nitrogen and oxygen atoms in total. The lowest BCUT2D eigenvalue weighted by molar-refractivity contribution is -0.131. The highest BCUT2D eigenvalue weighted by atomic mass is 127. The fourth-order valence-electron chi connectivity index (χ4n) is 4.02. The largest absolute Gasteiger partial charge is 0.357 e. The summed E-state index contributed by atoms with van der Waals surface area (Å²) in [5.74, 6) is -0.215. The maximum Gasteiger partial charge on any atom is 0.236 e. The normalized spacial score (nSPS) is 18.6. The minimum Gasteiger partial charge on any atom is -0.357 e. The third kappa shape index (κ3) is 7.27. The number of amides is 1. The molecule has 2 heterocycles. The summed E-state index contributed by atoms with van der Waals surface area (Å²) < 4.78 is 27.2. The van der Waals surface area contributed by atoms with Crippen LogP contribution in [-0.2, 0) is 4.79 Å². The van der Waals surface area contributed by atoms with Gasteiger partial charge in [-0.25, -0.2) is 8.78 Å². The summed E-state index contributed by atoms with van der Waals surface area (Å²) >= 11 is 0. The van der Waals surface area contributed by atoms with E-state index in [1.165, 1.54) is 12.1 Å². The number of carbonyl (C=O) groups excluding carboxylic acids is 1. The zero-order valence-electron chi connectivity index (χ0n) is 18.4. The number of nitrogens with one attached hydrogen (secondary N) is 1. The molecule has 2 saturated heterocycles. The molecule has 0 bridgehead atoms. The van der Waals surface area contributed by atoms with Crippen LogP contribution >= 0.6 is 24.0 Å². The summed E-state index contributed by atoms with van der Waals surface area (Å²) in [6.45, 7) is 10.5. The van der Waals surface area contributed by atoms with E-state index in [-0.39, 0.29) is 35.8 Å². The summed E-state index contributed by atoms with van der Waals surface area (Å²) in [6.07, 6.45) is 2.23. The van der Waals surface area contributed by atoms with E-state index < -0.39 is 11.6 Å². The van der Waals surface area contributed by atoms with Crippen LogP contribution in [0.2, 0.25) is 0 Å². The van der Waals surface area contributed by atoms with Gasteiger partial charge in [0.15, 0.2) is 5.96 Å². The van der Waals surface area contributed by atoms with Crippen molar-refractivity contribution < 1.29 is 13.6 Å². The number of halogens is 3. The van der Waals surface area contributed by atoms with Crippen molar-refractivity contribution in [2.75, 3.05) is 58.9 Å². The predicted molar refractivity (Wildman–Crippen MR) is 130 cm³/mol. The second kappa shape index (κ2) is 12.5. The summed E-state index contributed by atoms with van der Waals surface area (Å²) in [6, 6.07) is 3.70. The van der Waals surface area contributed by atoms with Crippen molar-refractivity contribution in [3.63, 3.8) is 0 Å². The molecule has 1 atom stereocenters. The van der Waals surface area contributed by atoms with Gasteiger partial charge in [-0.1, -0.05) is 13.0 Å². The fraction of sp³-hybridized carbons (Fsp3) is 0.636. The monoisotopic (exact) mass is 549 g/mol. The molecule has 1 N–H and O–H groups in total. The molecule has 2 fully saturated rings. The molecule has 1 unspecified atom stereocenters. The van der Waals surface area contributed by atoms with Crippen molar-refractivity contribution in [3.05, 3.63) is 35.4 Å². The molecule has 1 amide bonds. The first-order chi connectivity index (χ1) is 14.5. The number of benzene rings is 1. The van der Waals surface area contributed by atoms with Crippen molar-refractivity contribution >= 4 is 35.8 Å². The van der Waals surface area contributed by atoms with Crippen LogP contribution in [0.15, 0.2) is 23.2 Å². The van der Waals surface area contributed by atoms with E-state index >= 15 is 0 Å². The average Bonchev–Trinajstić information content (AvgIpc) is 3.27. The van der Waals surface area contributed by atoms with E-state index in [1.807, 2.05) is 18.7 Å². The number of nitrogens with zero attached hydrogens (tertiary/aromatic N) is 4. The van der Waals surface area contributed by atoms with E-state index in [4.69, 9.17) is 4.99 Å². The molecule has 174 valence electrons. The smallest absolute Gasteiger partial charge is 0.236 e. The maximum absolute atomic E-state index is 14.0. The third-order valence-electron chi connectivity index (χ3n) is 5.83. The van der Waals surface area contributed by atoms with Gasteiger partial charge in [-0.2, -0.15) is 0 Å². The first kappa shape index (κ1) is 25.8. The number of aliphatic imine (C=N–C) groups is 1. The topological polar surface area (TPSA) is 51.2 Å². The average molecular weight is 549 g/mol. The Kier molecular flexibility index (Phi) is 10.4. The van der Waals surface area contributed by atoms with Crippen molar-refractivity contribution in [1.29, 1.82) is 0 Å². The summed E-state index contributed by atoms with van der Waals surface area (Å²) in [4.78, 5) is 23.4. The first-order valence-corrected chi connectivity index (χ1v) is 11.0. The van der Waals surface area contributed by atoms with Crippen LogP contribution in [0.3, 0.4) is 0 Å². The Hall–Kier alpha value is -1.49. The highest BCUT2D eigenvalue weighted by Crippen LogP contribution is 2.20. The van der Waals surface area contributed by atoms with Crippen LogP contribution in [-0.4, -0.2) is 85.5 Å². The lowest BCUT2D eigenvalue weighted by Gasteiger charge is -2.36. The van der Waals surface area contributed by atoms with Crippen LogP contribution in [0.25, 0.3) is 0 Å². The number of guanidine groups is 1. The van der Waals surface area contributed by atoms with Gasteiger partial charge in [-0.05, 0) is 31.4 Å². The van der Waals surface area contributed by atoms with Gasteiger partial charge in [0.1, 0.15) is 11.6 Å². The van der Waals surface area contributed by atoms with Crippen LogP contribution in [0.5, 0.6) is 0 Å². The van der Waals surface area contributed by atoms with Gasteiger partial charge >= 0.3 is 0 Å². The van der Waals surface area contributed by atoms with Crippen molar-refractivity contribution in [3.8, 4) is 0 Å². The zero-order chi connectivity index (χ0) is 21.5. The summed E-state index contributed by atoms with van der Waals surface area (Å²) in [5, 5.41) is 3.31. The molecule has 0 saturated carbocycles. The number of likely N-dealkylation sites (tertiary alicyclic amines) is 1. The molecule has 31 heavy (non-hydrogen) atoms. The van der Waals surface area contributed by atoms with Gasteiger partial charge < -0.3 is 15.1 Å². The van der Waals surface area contributed by atoms with Crippen molar-refractivity contribution in [2.24, 2.45) is 4.99 Å². The molecule has 1 aromatic rings. The van der Waals surface area contributed by atoms with Gasteiger partial charge in [-0.15, -0.1) is 24.0 Å². The summed E-state index contributed by atoms with van der Waals surface area (Å²) in [7, 11) is 0. The minimum absolute atomic E-state index is 0. The van der Waals surface area contributed by atoms with Gasteiger partial charge in [0.25, 0.3) is 0 Å². The number of piperazine rings is 1. The molecule has 0 radical (unpaired) electrons. The Balaban J connectivity index is 0.00000341. The second-order valence-corrected chi connectivity index (χ2v) is 8.11. The lowest BCUT2D eigenvalue weighted by Crippen LogP contribution is -2.54. The standard InChI is InChI=1S/C22H33F2N5O.HI/c1-3-25-22(26-15-17(2)19-7-6-18(23)14-20(19)24)29-12-10-27(11-13-29)16-21(30)28-8-4-5-9-28;/h6-7,14,17H,3-5,8-13,15-16H2,1-2H3,(H,25,26);1H. The van der Waals surface area contributed by atoms with Crippen LogP contribution in [0.4, 0.5) is 8.78 Å². The van der Waals surface area contributed by atoms with Crippen LogP contribution in [0.1, 0.15) is 38.2 Å². The number of rotatable bonds is 6. The Morgan fingerprint density at radius 3 is 2.39 bits per heavy atom. The van der Waals surface area contributed by atoms with E-state index in [2.05, 4.69) is 15.1 Å². The van der Waals surface area contributed by atoms with E-state index in [0.717, 1.165) is 70.7 Å². The molecule has 0 spiro atoms. The second-order valence-electron chi connectivity index (χ2n) is 8.11. The molecular formula is C22H34F2IN5O. The van der Waals surface area contributed by atoms with E-state index in [0.29, 0.717) is 18.7 Å². The van der Waals surface area contributed by atoms with E-state index in [9.17, 15) is 13.6 Å². The van der Waals surface area contributed by atoms with E-state index in [1.54, 1.807) is 0 Å². The SMILES string of the molecule is CCNC(=NCC(C)c1ccc(F)cc1F)N1CCN(CC(=O)N2CCCC2)CC1.I. The third-order valence-corrected chi connectivity index (χ3v) is 5.83. The highest BCUT2D eigenvalue weighted by Gasteiger charge is 2.24. The quantitative estimate of drug-likeness (QED) is 0.337. The fourth-order valence-corrected chi connectivity index (χ4v) is 4.02. The number of carbonyl (C=O) groups is 1. The van der Waals surface area contributed by atoms with Crippen molar-refractivity contribution in [2.45, 2.75) is 32.6 Å². The Morgan fingerprint density at radius 2 is 1.77 bits per heavy atom. The van der Waals surface area contributed by atoms with Gasteiger partial charge in [0, 0.05) is 64.3 Å². The zero-order valence-corrected chi connectivity index (χ0v) is 20.8. The lowest BCUT2D eigenvalue weighted by atomic mass is 10.0. The van der Waals surface area contributed by atoms with Gasteiger partial charge in [0.05, 0.1) is 6.54 Å². The van der Waals surface area contributed by atoms with Crippen LogP contribution < -0.4 is 5.32 Å². The first-order valence-electron chi connectivity index (χ1n) is 11.0. The summed E-state index contributed by atoms with van der Waals surface area (Å²) in [5.41, 5.74) is 0.473. The maximum atomic E-state index is 14.0. The molecular weight excluding hydrogens is 515 g/mol. The highest BCUT2D eigenvalue weighted by molar-refractivity contribution is 14.0. The Labute approximate surface area is 201 Å². The van der Waals surface area contributed by atoms with Crippen LogP contribution in [0, 0.1) is 11.6 Å².